The van der Waals surface area contributed by atoms with Gasteiger partial charge in [0.05, 0.1) is 6.33 Å². The number of halogens is 3. The van der Waals surface area contributed by atoms with Gasteiger partial charge in [0.15, 0.2) is 0 Å². The van der Waals surface area contributed by atoms with E-state index in [0.717, 1.165) is 15.8 Å². The number of hydrogen-bond acceptors (Lipinski definition) is 2. The Morgan fingerprint density at radius 2 is 2.18 bits per heavy atom. The van der Waals surface area contributed by atoms with E-state index in [0.29, 0.717) is 6.54 Å². The fraction of sp³-hybridized carbons (Fsp3) is 0.400. The molecule has 0 unspecified atom stereocenters. The summed E-state index contributed by atoms with van der Waals surface area (Å²) in [6, 6.07) is 0. The van der Waals surface area contributed by atoms with Crippen LogP contribution in [0, 0.1) is 3.70 Å². The first kappa shape index (κ1) is 14.0. The molecule has 1 aromatic heterocycles. The van der Waals surface area contributed by atoms with E-state index in [1.807, 2.05) is 0 Å². The van der Waals surface area contributed by atoms with Gasteiger partial charge in [-0.25, -0.2) is 4.98 Å². The minimum absolute atomic E-state index is 0. The minimum atomic E-state index is 0. The van der Waals surface area contributed by atoms with Crippen LogP contribution in [-0.4, -0.2) is 16.5 Å². The van der Waals surface area contributed by atoms with E-state index >= 15 is 0 Å². The van der Waals surface area contributed by atoms with Crippen LogP contribution in [0.3, 0.4) is 0 Å². The van der Waals surface area contributed by atoms with Crippen molar-refractivity contribution in [3.05, 3.63) is 15.7 Å². The SMILES string of the molecule is Cl.Cl.NCCc1[nH]cnc1I. The quantitative estimate of drug-likeness (QED) is 0.811. The Hall–Kier alpha value is 0.480. The summed E-state index contributed by atoms with van der Waals surface area (Å²) in [5.41, 5.74) is 6.47. The lowest BCUT2D eigenvalue weighted by atomic mass is 10.3. The number of nitrogens with two attached hydrogens (primary N) is 1. The Morgan fingerprint density at radius 1 is 1.55 bits per heavy atom. The van der Waals surface area contributed by atoms with Crippen LogP contribution in [0.25, 0.3) is 0 Å². The topological polar surface area (TPSA) is 54.7 Å². The summed E-state index contributed by atoms with van der Waals surface area (Å²) >= 11 is 2.18. The minimum Gasteiger partial charge on any atom is -0.348 e. The predicted molar refractivity (Wildman–Crippen MR) is 58.6 cm³/mol. The molecule has 0 aliphatic carbocycles. The number of nitrogens with one attached hydrogen (secondary N) is 1. The number of nitrogens with zero attached hydrogens (tertiary/aromatic N) is 1. The van der Waals surface area contributed by atoms with Crippen LogP contribution in [-0.2, 0) is 6.42 Å². The first-order chi connectivity index (χ1) is 4.34. The maximum atomic E-state index is 5.34. The molecule has 0 atom stereocenters. The summed E-state index contributed by atoms with van der Waals surface area (Å²) in [6.45, 7) is 0.679. The van der Waals surface area contributed by atoms with Gasteiger partial charge in [-0.2, -0.15) is 0 Å². The molecule has 0 aliphatic rings. The highest BCUT2D eigenvalue weighted by Gasteiger charge is 1.97. The number of H-pyrrole nitrogens is 1. The molecular formula is C5H10Cl2IN3. The first-order valence-electron chi connectivity index (χ1n) is 2.72. The summed E-state index contributed by atoms with van der Waals surface area (Å²) in [7, 11) is 0. The van der Waals surface area contributed by atoms with Crippen LogP contribution in [0.2, 0.25) is 0 Å². The van der Waals surface area contributed by atoms with E-state index < -0.39 is 0 Å². The molecule has 0 saturated carbocycles. The maximum absolute atomic E-state index is 5.34. The Bertz CT molecular complexity index is 192. The molecule has 0 radical (unpaired) electrons. The Labute approximate surface area is 91.5 Å². The average Bonchev–Trinajstić information content (AvgIpc) is 2.18. The van der Waals surface area contributed by atoms with E-state index in [2.05, 4.69) is 32.6 Å². The largest absolute Gasteiger partial charge is 0.348 e. The van der Waals surface area contributed by atoms with Crippen molar-refractivity contribution < 1.29 is 0 Å². The second kappa shape index (κ2) is 7.15. The van der Waals surface area contributed by atoms with Crippen LogP contribution in [0.15, 0.2) is 6.33 Å². The van der Waals surface area contributed by atoms with Crippen LogP contribution >= 0.6 is 47.4 Å². The van der Waals surface area contributed by atoms with E-state index in [1.165, 1.54) is 0 Å². The molecule has 0 amide bonds. The summed E-state index contributed by atoms with van der Waals surface area (Å²) < 4.78 is 1.03. The monoisotopic (exact) mass is 309 g/mol. The van der Waals surface area contributed by atoms with Crippen LogP contribution in [0.1, 0.15) is 5.69 Å². The standard InChI is InChI=1S/C5H8IN3.2ClH/c6-5-4(1-2-7)8-3-9-5;;/h3H,1-2,7H2,(H,8,9);2*1H. The molecule has 0 aromatic carbocycles. The van der Waals surface area contributed by atoms with E-state index in [1.54, 1.807) is 6.33 Å². The number of rotatable bonds is 2. The summed E-state index contributed by atoms with van der Waals surface area (Å²) in [5, 5.41) is 0. The number of imidazole rings is 1. The number of aromatic nitrogens is 2. The molecule has 0 bridgehead atoms. The highest BCUT2D eigenvalue weighted by Crippen LogP contribution is 2.04. The summed E-state index contributed by atoms with van der Waals surface area (Å²) in [4.78, 5) is 7.02. The fourth-order valence-corrected chi connectivity index (χ4v) is 1.19. The van der Waals surface area contributed by atoms with Gasteiger partial charge >= 0.3 is 0 Å². The zero-order valence-corrected chi connectivity index (χ0v) is 9.50. The van der Waals surface area contributed by atoms with Gasteiger partial charge in [-0.3, -0.25) is 0 Å². The van der Waals surface area contributed by atoms with Gasteiger partial charge in [0, 0.05) is 12.1 Å². The summed E-state index contributed by atoms with van der Waals surface area (Å²) in [6.07, 6.45) is 2.57. The van der Waals surface area contributed by atoms with Crippen molar-refractivity contribution in [3.63, 3.8) is 0 Å². The third-order valence-corrected chi connectivity index (χ3v) is 1.99. The van der Waals surface area contributed by atoms with Crippen molar-refractivity contribution in [3.8, 4) is 0 Å². The Morgan fingerprint density at radius 3 is 2.55 bits per heavy atom. The lowest BCUT2D eigenvalue weighted by Crippen LogP contribution is -2.03. The van der Waals surface area contributed by atoms with E-state index in [4.69, 9.17) is 5.73 Å². The molecule has 1 rings (SSSR count). The molecule has 11 heavy (non-hydrogen) atoms. The zero-order chi connectivity index (χ0) is 6.69. The highest BCUT2D eigenvalue weighted by atomic mass is 127. The van der Waals surface area contributed by atoms with Crippen LogP contribution in [0.5, 0.6) is 0 Å². The first-order valence-corrected chi connectivity index (χ1v) is 3.80. The van der Waals surface area contributed by atoms with Gasteiger partial charge in [0.1, 0.15) is 3.70 Å². The summed E-state index contributed by atoms with van der Waals surface area (Å²) in [5.74, 6) is 0. The van der Waals surface area contributed by atoms with Crippen LogP contribution in [0.4, 0.5) is 0 Å². The van der Waals surface area contributed by atoms with Gasteiger partial charge in [0.2, 0.25) is 0 Å². The molecule has 0 aliphatic heterocycles. The smallest absolute Gasteiger partial charge is 0.122 e. The lowest BCUT2D eigenvalue weighted by molar-refractivity contribution is 0.928. The normalized spacial score (nSPS) is 8.18. The Kier molecular flexibility index (Phi) is 9.11. The molecule has 1 aromatic rings. The molecule has 0 saturated heterocycles. The zero-order valence-electron chi connectivity index (χ0n) is 5.71. The average molecular weight is 310 g/mol. The molecule has 1 heterocycles. The van der Waals surface area contributed by atoms with Gasteiger partial charge < -0.3 is 10.7 Å². The maximum Gasteiger partial charge on any atom is 0.122 e. The number of aromatic amines is 1. The molecular weight excluding hydrogens is 300 g/mol. The molecule has 3 nitrogen and oxygen atoms in total. The third kappa shape index (κ3) is 4.15. The molecule has 0 spiro atoms. The molecule has 66 valence electrons. The van der Waals surface area contributed by atoms with Crippen molar-refractivity contribution in [1.82, 2.24) is 9.97 Å². The fourth-order valence-electron chi connectivity index (χ4n) is 0.624. The second-order valence-corrected chi connectivity index (χ2v) is 2.73. The highest BCUT2D eigenvalue weighted by molar-refractivity contribution is 14.1. The van der Waals surface area contributed by atoms with Crippen molar-refractivity contribution in [2.24, 2.45) is 5.73 Å². The number of hydrogen-bond donors (Lipinski definition) is 2. The van der Waals surface area contributed by atoms with Gasteiger partial charge in [-0.1, -0.05) is 0 Å². The van der Waals surface area contributed by atoms with Crippen molar-refractivity contribution in [1.29, 1.82) is 0 Å². The Balaban J connectivity index is 0. The van der Waals surface area contributed by atoms with Gasteiger partial charge in [0.25, 0.3) is 0 Å². The van der Waals surface area contributed by atoms with Crippen molar-refractivity contribution in [2.75, 3.05) is 6.54 Å². The molecule has 0 fully saturated rings. The van der Waals surface area contributed by atoms with Crippen molar-refractivity contribution in [2.45, 2.75) is 6.42 Å². The van der Waals surface area contributed by atoms with Crippen molar-refractivity contribution >= 4 is 47.4 Å². The lowest BCUT2D eigenvalue weighted by Gasteiger charge is -1.90. The van der Waals surface area contributed by atoms with Gasteiger partial charge in [-0.15, -0.1) is 24.8 Å². The van der Waals surface area contributed by atoms with Crippen LogP contribution < -0.4 is 5.73 Å². The molecule has 6 heteroatoms. The van der Waals surface area contributed by atoms with Gasteiger partial charge in [-0.05, 0) is 29.1 Å². The predicted octanol–water partition coefficient (Wildman–Crippen LogP) is 1.36. The van der Waals surface area contributed by atoms with E-state index in [9.17, 15) is 0 Å². The van der Waals surface area contributed by atoms with E-state index in [-0.39, 0.29) is 24.8 Å². The second-order valence-electron chi connectivity index (χ2n) is 1.71. The third-order valence-electron chi connectivity index (χ3n) is 1.06. The molecule has 3 N–H and O–H groups in total.